The van der Waals surface area contributed by atoms with Crippen LogP contribution in [0.3, 0.4) is 0 Å². The van der Waals surface area contributed by atoms with E-state index in [0.717, 1.165) is 11.8 Å². The zero-order valence-corrected chi connectivity index (χ0v) is 28.5. The molecule has 0 radical (unpaired) electrons. The zero-order chi connectivity index (χ0) is 26.0. The maximum absolute atomic E-state index is 4.93. The van der Waals surface area contributed by atoms with Gasteiger partial charge in [-0.1, -0.05) is 109 Å². The molecule has 6 aliphatic rings. The first-order valence-corrected chi connectivity index (χ1v) is 20.6. The standard InChI is InChI=1S/C34H42.2CH3.2ClH.Zr/c1-27-11-9-19-33(21-27)25-29(23-31(33)15-5-3-6-16-31)13-14-30-24-32(17-7-4-8-18-32)34(26-30)20-10-12-28(2)22-34;;;;;/h3-12,15,17,21-22,29-30H,13-14,16,18-20,23-26H2,1-2H3;2*1H3;2*1H;/q;2*-1;;;+4/p-2. The Labute approximate surface area is 258 Å². The number of allylic oxidation sites excluding steroid dienone is 16. The summed E-state index contributed by atoms with van der Waals surface area (Å²) in [5.74, 6) is 1.70. The summed E-state index contributed by atoms with van der Waals surface area (Å²) in [6, 6.07) is 0. The summed E-state index contributed by atoms with van der Waals surface area (Å²) < 4.78 is 0. The second kappa shape index (κ2) is 13.6. The maximum atomic E-state index is 4.93. The second-order valence-corrected chi connectivity index (χ2v) is 16.5. The van der Waals surface area contributed by atoms with Gasteiger partial charge in [-0.15, -0.1) is 0 Å². The molecule has 0 amide bonds. The van der Waals surface area contributed by atoms with Crippen LogP contribution in [0, 0.1) is 48.3 Å². The van der Waals surface area contributed by atoms with E-state index >= 15 is 0 Å². The van der Waals surface area contributed by atoms with Gasteiger partial charge in [0.1, 0.15) is 0 Å². The first-order valence-electron chi connectivity index (χ1n) is 14.3. The van der Waals surface area contributed by atoms with E-state index in [9.17, 15) is 0 Å². The van der Waals surface area contributed by atoms with Crippen molar-refractivity contribution in [1.82, 2.24) is 0 Å². The molecule has 0 heterocycles. The molecule has 2 fully saturated rings. The number of hydrogen-bond donors (Lipinski definition) is 0. The third-order valence-corrected chi connectivity index (χ3v) is 10.6. The van der Waals surface area contributed by atoms with Crippen molar-refractivity contribution in [3.05, 3.63) is 111 Å². The van der Waals surface area contributed by atoms with Crippen molar-refractivity contribution >= 4 is 17.0 Å². The van der Waals surface area contributed by atoms with E-state index in [1.54, 1.807) is 0 Å². The van der Waals surface area contributed by atoms with Crippen molar-refractivity contribution in [2.45, 2.75) is 78.1 Å². The summed E-state index contributed by atoms with van der Waals surface area (Å²) in [6.45, 7) is 4.61. The van der Waals surface area contributed by atoms with Crippen LogP contribution < -0.4 is 0 Å². The SMILES string of the molecule is CC1=CC2(CC=C1)CC(CCC1CC3(C=CC=CC3)C3(C=C(C)C=CC3)C1)CC21C=CC=CC1.[CH3-].[CH3-].[Cl][Zr+2][Cl]. The van der Waals surface area contributed by atoms with Crippen LogP contribution in [0.25, 0.3) is 0 Å². The topological polar surface area (TPSA) is 0 Å². The Balaban J connectivity index is 0.000000805. The summed E-state index contributed by atoms with van der Waals surface area (Å²) in [7, 11) is 9.87. The van der Waals surface area contributed by atoms with Crippen LogP contribution in [-0.4, -0.2) is 0 Å². The summed E-state index contributed by atoms with van der Waals surface area (Å²) in [6.07, 6.45) is 47.4. The number of fused-ring (bicyclic) bond motifs is 2. The van der Waals surface area contributed by atoms with Crippen molar-refractivity contribution in [2.24, 2.45) is 33.5 Å². The van der Waals surface area contributed by atoms with Crippen LogP contribution >= 0.6 is 17.0 Å². The molecule has 210 valence electrons. The molecule has 0 nitrogen and oxygen atoms in total. The van der Waals surface area contributed by atoms with Gasteiger partial charge in [0.05, 0.1) is 0 Å². The minimum absolute atomic E-state index is 0. The van der Waals surface area contributed by atoms with Crippen molar-refractivity contribution in [2.75, 3.05) is 0 Å². The van der Waals surface area contributed by atoms with E-state index < -0.39 is 20.8 Å². The molecule has 6 unspecified atom stereocenters. The van der Waals surface area contributed by atoms with Crippen molar-refractivity contribution in [3.63, 3.8) is 0 Å². The van der Waals surface area contributed by atoms with Gasteiger partial charge in [-0.05, 0) is 77.0 Å². The average molecular weight is 643 g/mol. The van der Waals surface area contributed by atoms with Gasteiger partial charge >= 0.3 is 37.9 Å². The Kier molecular flexibility index (Phi) is 11.4. The monoisotopic (exact) mass is 640 g/mol. The molecule has 0 aromatic rings. The van der Waals surface area contributed by atoms with Crippen molar-refractivity contribution in [3.8, 4) is 0 Å². The molecule has 0 saturated heterocycles. The molecule has 2 saturated carbocycles. The Bertz CT molecular complexity index is 1020. The molecule has 6 rings (SSSR count). The van der Waals surface area contributed by atoms with Gasteiger partial charge in [0.25, 0.3) is 0 Å². The van der Waals surface area contributed by atoms with Gasteiger partial charge in [-0.25, -0.2) is 0 Å². The van der Waals surface area contributed by atoms with Crippen LogP contribution in [0.1, 0.15) is 78.1 Å². The fraction of sp³-hybridized carbons (Fsp3) is 0.500. The molecule has 0 aromatic heterocycles. The Hall–Kier alpha value is -0.617. The Morgan fingerprint density at radius 1 is 0.615 bits per heavy atom. The van der Waals surface area contributed by atoms with Crippen LogP contribution in [0.4, 0.5) is 0 Å². The molecule has 6 aliphatic carbocycles. The van der Waals surface area contributed by atoms with Crippen LogP contribution in [0.2, 0.25) is 0 Å². The fourth-order valence-electron chi connectivity index (χ4n) is 9.24. The zero-order valence-electron chi connectivity index (χ0n) is 24.6. The molecule has 3 heteroatoms. The van der Waals surface area contributed by atoms with Crippen molar-refractivity contribution < 1.29 is 20.8 Å². The molecule has 6 atom stereocenters. The molecule has 0 bridgehead atoms. The number of rotatable bonds is 3. The van der Waals surface area contributed by atoms with Gasteiger partial charge in [-0.3, -0.25) is 0 Å². The van der Waals surface area contributed by atoms with Crippen LogP contribution in [-0.2, 0) is 20.8 Å². The van der Waals surface area contributed by atoms with E-state index in [0.29, 0.717) is 21.7 Å². The van der Waals surface area contributed by atoms with Gasteiger partial charge in [0.2, 0.25) is 0 Å². The van der Waals surface area contributed by atoms with E-state index in [1.165, 1.54) is 75.4 Å². The summed E-state index contributed by atoms with van der Waals surface area (Å²) in [5, 5.41) is 0. The normalized spacial score (nSPS) is 38.8. The quantitative estimate of drug-likeness (QED) is 0.269. The first-order chi connectivity index (χ1) is 17.9. The predicted octanol–water partition coefficient (Wildman–Crippen LogP) is 11.7. The molecule has 0 aromatic carbocycles. The fourth-order valence-corrected chi connectivity index (χ4v) is 9.24. The van der Waals surface area contributed by atoms with E-state index in [-0.39, 0.29) is 14.9 Å². The summed E-state index contributed by atoms with van der Waals surface area (Å²) in [5.41, 5.74) is 4.28. The second-order valence-electron chi connectivity index (χ2n) is 12.8. The van der Waals surface area contributed by atoms with Crippen LogP contribution in [0.15, 0.2) is 96.2 Å². The third-order valence-electron chi connectivity index (χ3n) is 10.6. The summed E-state index contributed by atoms with van der Waals surface area (Å²) >= 11 is -0.826. The molecule has 0 N–H and O–H groups in total. The molecule has 39 heavy (non-hydrogen) atoms. The van der Waals surface area contributed by atoms with E-state index in [1.807, 2.05) is 0 Å². The van der Waals surface area contributed by atoms with Crippen molar-refractivity contribution in [1.29, 1.82) is 0 Å². The van der Waals surface area contributed by atoms with Gasteiger partial charge in [0, 0.05) is 21.7 Å². The molecular formula is C36H48Cl2Zr. The number of halogens is 2. The molecule has 4 spiro atoms. The average Bonchev–Trinajstić information content (AvgIpc) is 3.30. The predicted molar refractivity (Wildman–Crippen MR) is 170 cm³/mol. The van der Waals surface area contributed by atoms with E-state index in [4.69, 9.17) is 17.0 Å². The number of hydrogen-bond acceptors (Lipinski definition) is 0. The van der Waals surface area contributed by atoms with Gasteiger partial charge in [-0.2, -0.15) is 0 Å². The molecule has 0 aliphatic heterocycles. The Morgan fingerprint density at radius 3 is 1.31 bits per heavy atom. The van der Waals surface area contributed by atoms with Gasteiger partial charge in [0.15, 0.2) is 0 Å². The first kappa shape index (κ1) is 32.9. The molecular weight excluding hydrogens is 595 g/mol. The van der Waals surface area contributed by atoms with Gasteiger partial charge < -0.3 is 14.9 Å². The Morgan fingerprint density at radius 2 is 0.974 bits per heavy atom. The summed E-state index contributed by atoms with van der Waals surface area (Å²) in [4.78, 5) is 0. The third kappa shape index (κ3) is 6.27. The minimum atomic E-state index is -0.826. The van der Waals surface area contributed by atoms with Crippen LogP contribution in [0.5, 0.6) is 0 Å². The van der Waals surface area contributed by atoms with E-state index in [2.05, 4.69) is 98.9 Å².